The summed E-state index contributed by atoms with van der Waals surface area (Å²) in [5.41, 5.74) is 1.61. The van der Waals surface area contributed by atoms with Crippen LogP contribution in [-0.4, -0.2) is 23.6 Å². The van der Waals surface area contributed by atoms with E-state index in [1.807, 2.05) is 19.9 Å². The minimum absolute atomic E-state index is 0.396. The van der Waals surface area contributed by atoms with Crippen LogP contribution in [0.5, 0.6) is 0 Å². The van der Waals surface area contributed by atoms with Crippen LogP contribution >= 0.6 is 0 Å². The van der Waals surface area contributed by atoms with Gasteiger partial charge >= 0.3 is 0 Å². The Bertz CT molecular complexity index is 362. The van der Waals surface area contributed by atoms with Crippen molar-refractivity contribution in [3.05, 3.63) is 23.3 Å². The summed E-state index contributed by atoms with van der Waals surface area (Å²) in [6.45, 7) is 9.90. The maximum Gasteiger partial charge on any atom is 0.160 e. The third kappa shape index (κ3) is 3.48. The summed E-state index contributed by atoms with van der Waals surface area (Å²) >= 11 is 0. The highest BCUT2D eigenvalue weighted by Gasteiger charge is 2.27. The SMILES string of the molecule is CCNCc1cc(C)nc(C(C)(CC)OC)n1. The Hall–Kier alpha value is -1.00. The Morgan fingerprint density at radius 3 is 2.59 bits per heavy atom. The highest BCUT2D eigenvalue weighted by Crippen LogP contribution is 2.25. The molecule has 4 heteroatoms. The minimum Gasteiger partial charge on any atom is -0.371 e. The summed E-state index contributed by atoms with van der Waals surface area (Å²) in [6, 6.07) is 2.01. The van der Waals surface area contributed by atoms with Gasteiger partial charge in [0.15, 0.2) is 5.82 Å². The van der Waals surface area contributed by atoms with Crippen molar-refractivity contribution in [2.24, 2.45) is 0 Å². The van der Waals surface area contributed by atoms with E-state index in [4.69, 9.17) is 4.74 Å². The van der Waals surface area contributed by atoms with E-state index >= 15 is 0 Å². The molecular formula is C13H23N3O. The number of ether oxygens (including phenoxy) is 1. The van der Waals surface area contributed by atoms with Gasteiger partial charge in [-0.05, 0) is 32.9 Å². The molecule has 0 fully saturated rings. The van der Waals surface area contributed by atoms with Crippen molar-refractivity contribution in [1.82, 2.24) is 15.3 Å². The van der Waals surface area contributed by atoms with E-state index in [-0.39, 0.29) is 0 Å². The molecule has 1 rings (SSSR count). The lowest BCUT2D eigenvalue weighted by Gasteiger charge is -2.25. The van der Waals surface area contributed by atoms with Gasteiger partial charge in [0.2, 0.25) is 0 Å². The molecule has 0 aliphatic heterocycles. The lowest BCUT2D eigenvalue weighted by atomic mass is 10.0. The number of nitrogens with one attached hydrogen (secondary N) is 1. The summed E-state index contributed by atoms with van der Waals surface area (Å²) in [5.74, 6) is 0.774. The smallest absolute Gasteiger partial charge is 0.160 e. The maximum atomic E-state index is 5.54. The number of methoxy groups -OCH3 is 1. The fraction of sp³-hybridized carbons (Fsp3) is 0.692. The third-order valence-corrected chi connectivity index (χ3v) is 3.06. The first-order chi connectivity index (χ1) is 8.05. The van der Waals surface area contributed by atoms with E-state index in [9.17, 15) is 0 Å². The summed E-state index contributed by atoms with van der Waals surface area (Å²) in [6.07, 6.45) is 0.855. The van der Waals surface area contributed by atoms with Crippen molar-refractivity contribution >= 4 is 0 Å². The number of aromatic nitrogens is 2. The van der Waals surface area contributed by atoms with Gasteiger partial charge in [0.25, 0.3) is 0 Å². The van der Waals surface area contributed by atoms with Crippen LogP contribution in [0.25, 0.3) is 0 Å². The van der Waals surface area contributed by atoms with Crippen molar-refractivity contribution in [2.75, 3.05) is 13.7 Å². The van der Waals surface area contributed by atoms with E-state index in [1.54, 1.807) is 7.11 Å². The van der Waals surface area contributed by atoms with Crippen LogP contribution in [0.15, 0.2) is 6.07 Å². The van der Waals surface area contributed by atoms with Crippen molar-refractivity contribution < 1.29 is 4.74 Å². The highest BCUT2D eigenvalue weighted by atomic mass is 16.5. The molecule has 1 aromatic rings. The second-order valence-electron chi connectivity index (χ2n) is 4.39. The standard InChI is InChI=1S/C13H23N3O/c1-6-13(4,17-5)12-15-10(3)8-11(16-12)9-14-7-2/h8,14H,6-7,9H2,1-5H3. The van der Waals surface area contributed by atoms with Crippen LogP contribution in [0, 0.1) is 6.92 Å². The largest absolute Gasteiger partial charge is 0.371 e. The summed E-state index contributed by atoms with van der Waals surface area (Å²) < 4.78 is 5.54. The van der Waals surface area contributed by atoms with Gasteiger partial charge in [0.05, 0.1) is 5.69 Å². The minimum atomic E-state index is -0.396. The molecule has 96 valence electrons. The molecule has 0 spiro atoms. The first-order valence-corrected chi connectivity index (χ1v) is 6.16. The highest BCUT2D eigenvalue weighted by molar-refractivity contribution is 5.13. The predicted molar refractivity (Wildman–Crippen MR) is 68.8 cm³/mol. The Morgan fingerprint density at radius 2 is 2.06 bits per heavy atom. The molecule has 0 aromatic carbocycles. The van der Waals surface area contributed by atoms with Gasteiger partial charge in [0, 0.05) is 19.3 Å². The molecule has 1 N–H and O–H groups in total. The number of aryl methyl sites for hydroxylation is 1. The monoisotopic (exact) mass is 237 g/mol. The van der Waals surface area contributed by atoms with Gasteiger partial charge in [-0.3, -0.25) is 0 Å². The fourth-order valence-electron chi connectivity index (χ4n) is 1.61. The fourth-order valence-corrected chi connectivity index (χ4v) is 1.61. The van der Waals surface area contributed by atoms with Gasteiger partial charge in [-0.25, -0.2) is 9.97 Å². The molecule has 1 heterocycles. The molecule has 1 unspecified atom stereocenters. The zero-order valence-corrected chi connectivity index (χ0v) is 11.5. The molecule has 0 saturated heterocycles. The van der Waals surface area contributed by atoms with Gasteiger partial charge in [-0.1, -0.05) is 13.8 Å². The van der Waals surface area contributed by atoms with E-state index in [0.29, 0.717) is 0 Å². The molecule has 0 aliphatic rings. The van der Waals surface area contributed by atoms with E-state index in [2.05, 4.69) is 29.1 Å². The Balaban J connectivity index is 3.03. The van der Waals surface area contributed by atoms with Gasteiger partial charge < -0.3 is 10.1 Å². The van der Waals surface area contributed by atoms with Crippen molar-refractivity contribution in [3.63, 3.8) is 0 Å². The molecule has 1 atom stereocenters. The average molecular weight is 237 g/mol. The van der Waals surface area contributed by atoms with Crippen LogP contribution in [-0.2, 0) is 16.9 Å². The molecule has 1 aromatic heterocycles. The predicted octanol–water partition coefficient (Wildman–Crippen LogP) is 2.17. The maximum absolute atomic E-state index is 5.54. The quantitative estimate of drug-likeness (QED) is 0.823. The second-order valence-corrected chi connectivity index (χ2v) is 4.39. The lowest BCUT2D eigenvalue weighted by Crippen LogP contribution is -2.27. The molecule has 0 radical (unpaired) electrons. The van der Waals surface area contributed by atoms with Crippen molar-refractivity contribution in [2.45, 2.75) is 46.3 Å². The molecule has 0 bridgehead atoms. The van der Waals surface area contributed by atoms with Gasteiger partial charge in [-0.2, -0.15) is 0 Å². The molecule has 17 heavy (non-hydrogen) atoms. The normalized spacial score (nSPS) is 14.6. The van der Waals surface area contributed by atoms with Crippen LogP contribution in [0.2, 0.25) is 0 Å². The number of hydrogen-bond donors (Lipinski definition) is 1. The van der Waals surface area contributed by atoms with Crippen molar-refractivity contribution in [3.8, 4) is 0 Å². The first kappa shape index (κ1) is 14.1. The number of hydrogen-bond acceptors (Lipinski definition) is 4. The van der Waals surface area contributed by atoms with Gasteiger partial charge in [-0.15, -0.1) is 0 Å². The van der Waals surface area contributed by atoms with Crippen LogP contribution < -0.4 is 5.32 Å². The van der Waals surface area contributed by atoms with Crippen molar-refractivity contribution in [1.29, 1.82) is 0 Å². The number of nitrogens with zero attached hydrogens (tertiary/aromatic N) is 2. The summed E-state index contributed by atoms with van der Waals surface area (Å²) in [4.78, 5) is 9.08. The zero-order valence-electron chi connectivity index (χ0n) is 11.5. The van der Waals surface area contributed by atoms with Crippen LogP contribution in [0.3, 0.4) is 0 Å². The Kier molecular flexibility index (Phi) is 5.02. The third-order valence-electron chi connectivity index (χ3n) is 3.06. The zero-order chi connectivity index (χ0) is 12.9. The number of rotatable bonds is 6. The van der Waals surface area contributed by atoms with E-state index in [1.165, 1.54) is 0 Å². The Labute approximate surface area is 104 Å². The van der Waals surface area contributed by atoms with Gasteiger partial charge in [0.1, 0.15) is 5.60 Å². The second kappa shape index (κ2) is 6.07. The first-order valence-electron chi connectivity index (χ1n) is 6.16. The molecule has 0 aliphatic carbocycles. The molecule has 0 amide bonds. The molecular weight excluding hydrogens is 214 g/mol. The lowest BCUT2D eigenvalue weighted by molar-refractivity contribution is -0.00929. The van der Waals surface area contributed by atoms with E-state index in [0.717, 1.165) is 36.7 Å². The Morgan fingerprint density at radius 1 is 1.35 bits per heavy atom. The molecule has 4 nitrogen and oxygen atoms in total. The summed E-state index contributed by atoms with van der Waals surface area (Å²) in [5, 5.41) is 3.28. The van der Waals surface area contributed by atoms with Crippen LogP contribution in [0.1, 0.15) is 44.4 Å². The van der Waals surface area contributed by atoms with Crippen LogP contribution in [0.4, 0.5) is 0 Å². The average Bonchev–Trinajstić information content (AvgIpc) is 2.34. The topological polar surface area (TPSA) is 47.0 Å². The summed E-state index contributed by atoms with van der Waals surface area (Å²) in [7, 11) is 1.71. The van der Waals surface area contributed by atoms with E-state index < -0.39 is 5.60 Å². The molecule has 0 saturated carbocycles.